The van der Waals surface area contributed by atoms with Crippen molar-refractivity contribution in [3.05, 3.63) is 87.8 Å². The van der Waals surface area contributed by atoms with E-state index >= 15 is 0 Å². The molecule has 132 valence electrons. The average Bonchev–Trinajstić information content (AvgIpc) is 2.65. The molecule has 7 heteroatoms. The molecule has 0 fully saturated rings. The van der Waals surface area contributed by atoms with Gasteiger partial charge in [-0.25, -0.2) is 9.37 Å². The van der Waals surface area contributed by atoms with Gasteiger partial charge >= 0.3 is 0 Å². The summed E-state index contributed by atoms with van der Waals surface area (Å²) in [6.45, 7) is 0.269. The number of nitrogens with one attached hydrogen (secondary N) is 1. The number of carbonyl (C=O) groups excluding carboxylic acids is 1. The van der Waals surface area contributed by atoms with Crippen LogP contribution in [-0.4, -0.2) is 10.9 Å². The summed E-state index contributed by atoms with van der Waals surface area (Å²) in [4.78, 5) is 16.4. The van der Waals surface area contributed by atoms with E-state index in [1.807, 2.05) is 0 Å². The van der Waals surface area contributed by atoms with E-state index < -0.39 is 0 Å². The van der Waals surface area contributed by atoms with Gasteiger partial charge in [0, 0.05) is 23.8 Å². The SMILES string of the molecule is O=C(NCc1ccc(Oc2ccc(F)cc2)nc1)c1cc(Cl)ccc1Cl. The first-order valence-corrected chi connectivity index (χ1v) is 8.38. The molecule has 2 aromatic carbocycles. The third-order valence-electron chi connectivity index (χ3n) is 3.46. The van der Waals surface area contributed by atoms with E-state index in [1.165, 1.54) is 30.3 Å². The van der Waals surface area contributed by atoms with E-state index in [0.717, 1.165) is 5.56 Å². The standard InChI is InChI=1S/C19H13Cl2FN2O2/c20-13-2-7-17(21)16(9-13)19(25)24-11-12-1-8-18(23-10-12)26-15-5-3-14(22)4-6-15/h1-10H,11H2,(H,24,25). The Kier molecular flexibility index (Phi) is 5.71. The summed E-state index contributed by atoms with van der Waals surface area (Å²) in [6, 6.07) is 13.8. The molecular weight excluding hydrogens is 378 g/mol. The van der Waals surface area contributed by atoms with E-state index in [0.29, 0.717) is 27.2 Å². The van der Waals surface area contributed by atoms with Gasteiger partial charge in [-0.1, -0.05) is 29.3 Å². The molecule has 0 saturated heterocycles. The molecule has 0 aliphatic carbocycles. The Hall–Kier alpha value is -2.63. The summed E-state index contributed by atoms with van der Waals surface area (Å²) in [5, 5.41) is 3.51. The summed E-state index contributed by atoms with van der Waals surface area (Å²) in [5.74, 6) is 0.181. The number of ether oxygens (including phenoxy) is 1. The fraction of sp³-hybridized carbons (Fsp3) is 0.0526. The fourth-order valence-electron chi connectivity index (χ4n) is 2.15. The van der Waals surface area contributed by atoms with Crippen molar-refractivity contribution >= 4 is 29.1 Å². The second kappa shape index (κ2) is 8.17. The van der Waals surface area contributed by atoms with Gasteiger partial charge in [-0.15, -0.1) is 0 Å². The van der Waals surface area contributed by atoms with Crippen LogP contribution in [0.3, 0.4) is 0 Å². The summed E-state index contributed by atoms with van der Waals surface area (Å²) in [7, 11) is 0. The van der Waals surface area contributed by atoms with Gasteiger partial charge in [0.15, 0.2) is 0 Å². The van der Waals surface area contributed by atoms with Crippen molar-refractivity contribution in [3.8, 4) is 11.6 Å². The van der Waals surface area contributed by atoms with Gasteiger partial charge in [-0.05, 0) is 48.0 Å². The highest BCUT2D eigenvalue weighted by Gasteiger charge is 2.11. The van der Waals surface area contributed by atoms with Crippen LogP contribution in [0.2, 0.25) is 10.0 Å². The number of pyridine rings is 1. The Bertz CT molecular complexity index is 916. The molecule has 1 heterocycles. The topological polar surface area (TPSA) is 51.2 Å². The van der Waals surface area contributed by atoms with Crippen LogP contribution in [0.15, 0.2) is 60.8 Å². The molecule has 0 atom stereocenters. The average molecular weight is 391 g/mol. The van der Waals surface area contributed by atoms with Crippen LogP contribution < -0.4 is 10.1 Å². The smallest absolute Gasteiger partial charge is 0.253 e. The van der Waals surface area contributed by atoms with Crippen molar-refractivity contribution < 1.29 is 13.9 Å². The lowest BCUT2D eigenvalue weighted by Gasteiger charge is -2.08. The Morgan fingerprint density at radius 3 is 2.54 bits per heavy atom. The maximum absolute atomic E-state index is 12.9. The molecule has 0 aliphatic rings. The second-order valence-electron chi connectivity index (χ2n) is 5.37. The van der Waals surface area contributed by atoms with Gasteiger partial charge in [-0.2, -0.15) is 0 Å². The van der Waals surface area contributed by atoms with Gasteiger partial charge in [0.25, 0.3) is 5.91 Å². The van der Waals surface area contributed by atoms with Gasteiger partial charge in [-0.3, -0.25) is 4.79 Å². The Labute approximate surface area is 159 Å². The minimum Gasteiger partial charge on any atom is -0.439 e. The van der Waals surface area contributed by atoms with Crippen LogP contribution >= 0.6 is 23.2 Å². The number of hydrogen-bond donors (Lipinski definition) is 1. The Morgan fingerprint density at radius 1 is 1.08 bits per heavy atom. The molecular formula is C19H13Cl2FN2O2. The molecule has 1 aromatic heterocycles. The number of carbonyl (C=O) groups is 1. The summed E-state index contributed by atoms with van der Waals surface area (Å²) in [6.07, 6.45) is 1.58. The third-order valence-corrected chi connectivity index (χ3v) is 4.02. The maximum atomic E-state index is 12.9. The molecule has 0 aliphatic heterocycles. The summed E-state index contributed by atoms with van der Waals surface area (Å²) in [5.41, 5.74) is 1.09. The van der Waals surface area contributed by atoms with Crippen molar-refractivity contribution in [1.82, 2.24) is 10.3 Å². The number of amides is 1. The fourth-order valence-corrected chi connectivity index (χ4v) is 2.52. The van der Waals surface area contributed by atoms with E-state index in [-0.39, 0.29) is 18.3 Å². The monoisotopic (exact) mass is 390 g/mol. The zero-order valence-electron chi connectivity index (χ0n) is 13.4. The van der Waals surface area contributed by atoms with Crippen molar-refractivity contribution in [3.63, 3.8) is 0 Å². The summed E-state index contributed by atoms with van der Waals surface area (Å²) >= 11 is 11.9. The van der Waals surface area contributed by atoms with Crippen LogP contribution in [0.1, 0.15) is 15.9 Å². The first kappa shape index (κ1) is 18.2. The lowest BCUT2D eigenvalue weighted by Crippen LogP contribution is -2.23. The van der Waals surface area contributed by atoms with Gasteiger partial charge < -0.3 is 10.1 Å². The van der Waals surface area contributed by atoms with Crippen molar-refractivity contribution in [1.29, 1.82) is 0 Å². The largest absolute Gasteiger partial charge is 0.439 e. The van der Waals surface area contributed by atoms with Gasteiger partial charge in [0.05, 0.1) is 10.6 Å². The molecule has 0 spiro atoms. The predicted molar refractivity (Wildman–Crippen MR) is 98.3 cm³/mol. The minimum absolute atomic E-state index is 0.269. The quantitative estimate of drug-likeness (QED) is 0.646. The lowest BCUT2D eigenvalue weighted by atomic mass is 10.2. The van der Waals surface area contributed by atoms with Crippen LogP contribution in [0, 0.1) is 5.82 Å². The zero-order chi connectivity index (χ0) is 18.5. The molecule has 1 N–H and O–H groups in total. The molecule has 1 amide bonds. The molecule has 26 heavy (non-hydrogen) atoms. The van der Waals surface area contributed by atoms with Crippen LogP contribution in [0.4, 0.5) is 4.39 Å². The Balaban J connectivity index is 1.59. The first-order chi connectivity index (χ1) is 12.5. The third kappa shape index (κ3) is 4.71. The van der Waals surface area contributed by atoms with Crippen LogP contribution in [0.5, 0.6) is 11.6 Å². The van der Waals surface area contributed by atoms with Crippen LogP contribution in [0.25, 0.3) is 0 Å². The van der Waals surface area contributed by atoms with E-state index in [4.69, 9.17) is 27.9 Å². The van der Waals surface area contributed by atoms with Crippen molar-refractivity contribution in [2.24, 2.45) is 0 Å². The number of benzene rings is 2. The van der Waals surface area contributed by atoms with Gasteiger partial charge in [0.2, 0.25) is 5.88 Å². The van der Waals surface area contributed by atoms with Crippen LogP contribution in [-0.2, 0) is 6.54 Å². The predicted octanol–water partition coefficient (Wildman–Crippen LogP) is 5.25. The number of halogens is 3. The molecule has 3 aromatic rings. The highest BCUT2D eigenvalue weighted by Crippen LogP contribution is 2.21. The van der Waals surface area contributed by atoms with Crippen molar-refractivity contribution in [2.45, 2.75) is 6.54 Å². The summed E-state index contributed by atoms with van der Waals surface area (Å²) < 4.78 is 18.4. The number of aromatic nitrogens is 1. The van der Waals surface area contributed by atoms with E-state index in [2.05, 4.69) is 10.3 Å². The number of hydrogen-bond acceptors (Lipinski definition) is 3. The minimum atomic E-state index is -0.337. The molecule has 0 unspecified atom stereocenters. The molecule has 0 saturated carbocycles. The maximum Gasteiger partial charge on any atom is 0.253 e. The van der Waals surface area contributed by atoms with E-state index in [1.54, 1.807) is 30.5 Å². The molecule has 3 rings (SSSR count). The lowest BCUT2D eigenvalue weighted by molar-refractivity contribution is 0.0951. The molecule has 4 nitrogen and oxygen atoms in total. The zero-order valence-corrected chi connectivity index (χ0v) is 14.9. The Morgan fingerprint density at radius 2 is 1.85 bits per heavy atom. The number of nitrogens with zero attached hydrogens (tertiary/aromatic N) is 1. The molecule has 0 radical (unpaired) electrons. The number of rotatable bonds is 5. The second-order valence-corrected chi connectivity index (χ2v) is 6.21. The van der Waals surface area contributed by atoms with E-state index in [9.17, 15) is 9.18 Å². The normalized spacial score (nSPS) is 10.4. The first-order valence-electron chi connectivity index (χ1n) is 7.63. The van der Waals surface area contributed by atoms with Gasteiger partial charge in [0.1, 0.15) is 11.6 Å². The molecule has 0 bridgehead atoms. The van der Waals surface area contributed by atoms with Crippen molar-refractivity contribution in [2.75, 3.05) is 0 Å². The highest BCUT2D eigenvalue weighted by molar-refractivity contribution is 6.35. The highest BCUT2D eigenvalue weighted by atomic mass is 35.5.